The molecule has 15 heavy (non-hydrogen) atoms. The van der Waals surface area contributed by atoms with E-state index in [-0.39, 0.29) is 11.9 Å². The van der Waals surface area contributed by atoms with Crippen LogP contribution in [-0.4, -0.2) is 11.9 Å². The molecular weight excluding hydrogens is 194 g/mol. The molecule has 0 atom stereocenters. The lowest BCUT2D eigenvalue weighted by atomic mass is 10.3. The van der Waals surface area contributed by atoms with Gasteiger partial charge in [0.1, 0.15) is 5.76 Å². The highest BCUT2D eigenvalue weighted by atomic mass is 16.3. The van der Waals surface area contributed by atoms with Crippen molar-refractivity contribution in [1.82, 2.24) is 0 Å². The van der Waals surface area contributed by atoms with E-state index < -0.39 is 0 Å². The zero-order valence-electron chi connectivity index (χ0n) is 8.60. The maximum absolute atomic E-state index is 5.43. The molecule has 6 N–H and O–H groups in total. The van der Waals surface area contributed by atoms with Crippen LogP contribution in [0.15, 0.2) is 26.7 Å². The molecule has 0 saturated carbocycles. The zero-order chi connectivity index (χ0) is 11.3. The van der Waals surface area contributed by atoms with Crippen molar-refractivity contribution in [3.63, 3.8) is 0 Å². The molecule has 6 heteroatoms. The highest BCUT2D eigenvalue weighted by Gasteiger charge is 1.98. The van der Waals surface area contributed by atoms with Crippen LogP contribution in [0.2, 0.25) is 0 Å². The van der Waals surface area contributed by atoms with Crippen LogP contribution in [0.4, 0.5) is 0 Å². The monoisotopic (exact) mass is 209 g/mol. The molecule has 82 valence electrons. The number of hydrogen-bond acceptors (Lipinski definition) is 2. The Hall–Kier alpha value is -1.98. The molecule has 0 fully saturated rings. The van der Waals surface area contributed by atoms with Gasteiger partial charge in [0.2, 0.25) is 5.96 Å². The minimum atomic E-state index is -0.0994. The van der Waals surface area contributed by atoms with Crippen molar-refractivity contribution in [3.05, 3.63) is 23.7 Å². The number of aryl methyl sites for hydroxylation is 1. The van der Waals surface area contributed by atoms with Gasteiger partial charge in [-0.25, -0.2) is 4.99 Å². The second-order valence-electron chi connectivity index (χ2n) is 2.99. The number of nitrogens with zero attached hydrogens (tertiary/aromatic N) is 2. The molecule has 0 unspecified atom stereocenters. The number of furan rings is 1. The number of guanidine groups is 2. The molecule has 6 nitrogen and oxygen atoms in total. The Balaban J connectivity index is 2.59. The Labute approximate surface area is 87.9 Å². The van der Waals surface area contributed by atoms with Gasteiger partial charge in [-0.05, 0) is 6.07 Å². The number of rotatable bonds is 3. The molecule has 1 aromatic rings. The van der Waals surface area contributed by atoms with E-state index in [0.717, 1.165) is 17.7 Å². The molecule has 1 aromatic heterocycles. The molecule has 0 aliphatic carbocycles. The van der Waals surface area contributed by atoms with Crippen LogP contribution in [0.25, 0.3) is 0 Å². The molecule has 0 saturated heterocycles. The van der Waals surface area contributed by atoms with Crippen molar-refractivity contribution in [3.8, 4) is 0 Å². The van der Waals surface area contributed by atoms with E-state index in [2.05, 4.69) is 9.98 Å². The third kappa shape index (κ3) is 3.72. The summed E-state index contributed by atoms with van der Waals surface area (Å²) in [5.74, 6) is 0.882. The van der Waals surface area contributed by atoms with Gasteiger partial charge in [-0.3, -0.25) is 0 Å². The van der Waals surface area contributed by atoms with Gasteiger partial charge in [0.05, 0.1) is 12.8 Å². The molecule has 0 amide bonds. The van der Waals surface area contributed by atoms with Gasteiger partial charge in [-0.15, -0.1) is 0 Å². The molecule has 0 aliphatic rings. The fourth-order valence-electron chi connectivity index (χ4n) is 1.03. The molecule has 0 aromatic carbocycles. The summed E-state index contributed by atoms with van der Waals surface area (Å²) in [6, 6.07) is 1.92. The Morgan fingerprint density at radius 3 is 2.67 bits per heavy atom. The summed E-state index contributed by atoms with van der Waals surface area (Å²) in [5, 5.41) is 0. The lowest BCUT2D eigenvalue weighted by Gasteiger charge is -1.93. The van der Waals surface area contributed by atoms with Crippen molar-refractivity contribution >= 4 is 11.9 Å². The van der Waals surface area contributed by atoms with Crippen LogP contribution in [0.3, 0.4) is 0 Å². The van der Waals surface area contributed by atoms with E-state index >= 15 is 0 Å². The first-order chi connectivity index (χ1) is 7.11. The van der Waals surface area contributed by atoms with E-state index in [1.54, 1.807) is 6.26 Å². The Kier molecular flexibility index (Phi) is 3.73. The van der Waals surface area contributed by atoms with Crippen LogP contribution in [0.5, 0.6) is 0 Å². The summed E-state index contributed by atoms with van der Waals surface area (Å²) in [6.45, 7) is 2.42. The quantitative estimate of drug-likeness (QED) is 0.477. The van der Waals surface area contributed by atoms with Gasteiger partial charge in [0.15, 0.2) is 5.96 Å². The van der Waals surface area contributed by atoms with E-state index in [1.807, 2.05) is 13.0 Å². The van der Waals surface area contributed by atoms with Crippen molar-refractivity contribution in [2.75, 3.05) is 0 Å². The van der Waals surface area contributed by atoms with Crippen LogP contribution in [0, 0.1) is 0 Å². The van der Waals surface area contributed by atoms with Gasteiger partial charge < -0.3 is 21.6 Å². The molecule has 0 spiro atoms. The number of aliphatic imine (C=N–C) groups is 2. The van der Waals surface area contributed by atoms with Gasteiger partial charge in [-0.1, -0.05) is 6.92 Å². The van der Waals surface area contributed by atoms with E-state index in [9.17, 15) is 0 Å². The standard InChI is InChI=1S/C9H15N5O/c1-2-7-3-6(5-15-7)4-13-9(12)14-8(10)11/h3,5H,2,4H2,1H3,(H6,10,11,12,13,14). The average molecular weight is 209 g/mol. The molecule has 0 aliphatic heterocycles. The highest BCUT2D eigenvalue weighted by Crippen LogP contribution is 2.09. The average Bonchev–Trinajstić information content (AvgIpc) is 2.61. The molecule has 0 radical (unpaired) electrons. The summed E-state index contributed by atoms with van der Waals surface area (Å²) in [7, 11) is 0. The highest BCUT2D eigenvalue weighted by molar-refractivity contribution is 5.92. The van der Waals surface area contributed by atoms with Crippen molar-refractivity contribution < 1.29 is 4.42 Å². The first kappa shape index (κ1) is 11.1. The SMILES string of the molecule is CCc1cc(CN=C(N)N=C(N)N)co1. The maximum atomic E-state index is 5.43. The summed E-state index contributed by atoms with van der Waals surface area (Å²) >= 11 is 0. The predicted molar refractivity (Wildman–Crippen MR) is 59.2 cm³/mol. The largest absolute Gasteiger partial charge is 0.469 e. The minimum absolute atomic E-state index is 0.0641. The third-order valence-corrected chi connectivity index (χ3v) is 1.72. The van der Waals surface area contributed by atoms with Crippen molar-refractivity contribution in [2.45, 2.75) is 19.9 Å². The lowest BCUT2D eigenvalue weighted by Crippen LogP contribution is -2.26. The van der Waals surface area contributed by atoms with Crippen LogP contribution in [-0.2, 0) is 13.0 Å². The van der Waals surface area contributed by atoms with E-state index in [0.29, 0.717) is 6.54 Å². The van der Waals surface area contributed by atoms with Gasteiger partial charge >= 0.3 is 0 Å². The summed E-state index contributed by atoms with van der Waals surface area (Å²) in [5.41, 5.74) is 16.7. The minimum Gasteiger partial charge on any atom is -0.469 e. The molecule has 0 bridgehead atoms. The molecule has 1 rings (SSSR count). The van der Waals surface area contributed by atoms with Crippen molar-refractivity contribution in [1.29, 1.82) is 0 Å². The summed E-state index contributed by atoms with van der Waals surface area (Å²) in [4.78, 5) is 7.56. The Bertz CT molecular complexity index is 376. The molecular formula is C9H15N5O. The fourth-order valence-corrected chi connectivity index (χ4v) is 1.03. The van der Waals surface area contributed by atoms with Gasteiger partial charge in [0.25, 0.3) is 0 Å². The molecule has 1 heterocycles. The number of hydrogen-bond donors (Lipinski definition) is 3. The van der Waals surface area contributed by atoms with E-state index in [4.69, 9.17) is 21.6 Å². The first-order valence-electron chi connectivity index (χ1n) is 4.57. The fraction of sp³-hybridized carbons (Fsp3) is 0.333. The lowest BCUT2D eigenvalue weighted by molar-refractivity contribution is 0.514. The Morgan fingerprint density at radius 1 is 1.40 bits per heavy atom. The summed E-state index contributed by atoms with van der Waals surface area (Å²) < 4.78 is 5.23. The topological polar surface area (TPSA) is 116 Å². The second-order valence-corrected chi connectivity index (χ2v) is 2.99. The maximum Gasteiger partial charge on any atom is 0.218 e. The zero-order valence-corrected chi connectivity index (χ0v) is 8.60. The number of nitrogens with two attached hydrogens (primary N) is 3. The van der Waals surface area contributed by atoms with Crippen LogP contribution in [0.1, 0.15) is 18.2 Å². The Morgan fingerprint density at radius 2 is 2.13 bits per heavy atom. The smallest absolute Gasteiger partial charge is 0.218 e. The van der Waals surface area contributed by atoms with E-state index in [1.165, 1.54) is 0 Å². The van der Waals surface area contributed by atoms with Crippen LogP contribution < -0.4 is 17.2 Å². The normalized spacial score (nSPS) is 11.4. The predicted octanol–water partition coefficient (Wildman–Crippen LogP) is -0.0699. The third-order valence-electron chi connectivity index (χ3n) is 1.72. The van der Waals surface area contributed by atoms with Crippen LogP contribution >= 0.6 is 0 Å². The first-order valence-corrected chi connectivity index (χ1v) is 4.57. The second kappa shape index (κ2) is 5.04. The summed E-state index contributed by atoms with van der Waals surface area (Å²) in [6.07, 6.45) is 2.50. The van der Waals surface area contributed by atoms with Crippen molar-refractivity contribution in [2.24, 2.45) is 27.2 Å². The van der Waals surface area contributed by atoms with Gasteiger partial charge in [-0.2, -0.15) is 4.99 Å². The van der Waals surface area contributed by atoms with Gasteiger partial charge in [0, 0.05) is 12.0 Å².